The molecule has 36 heavy (non-hydrogen) atoms. The van der Waals surface area contributed by atoms with Crippen molar-refractivity contribution in [2.24, 2.45) is 0 Å². The SMILES string of the molecule is C[Si](C)(C)O/C1=C\CCCC/C=C(\[Si]([Si](C)(C)C)([Si](C)(C)C)[Si](C)(C)C)O[Si]1([Si](C)(C)C)[Si](C)(C)C. The number of hydrogen-bond acceptors (Lipinski definition) is 2. The molecule has 0 fully saturated rings. The lowest BCUT2D eigenvalue weighted by atomic mass is 10.2. The molecule has 0 unspecified atom stereocenters. The van der Waals surface area contributed by atoms with Gasteiger partial charge in [0.15, 0.2) is 0 Å². The molecule has 0 aromatic rings. The van der Waals surface area contributed by atoms with E-state index in [9.17, 15) is 0 Å². The molecule has 0 aromatic carbocycles. The largest absolute Gasteiger partial charge is 0.550 e. The molecule has 1 aliphatic rings. The van der Waals surface area contributed by atoms with Gasteiger partial charge in [-0.3, -0.25) is 0 Å². The average molecular weight is 633 g/mol. The van der Waals surface area contributed by atoms with Gasteiger partial charge in [0.25, 0.3) is 7.35 Å². The van der Waals surface area contributed by atoms with Crippen LogP contribution < -0.4 is 0 Å². The van der Waals surface area contributed by atoms with Gasteiger partial charge in [0.05, 0.1) is 20.6 Å². The van der Waals surface area contributed by atoms with Gasteiger partial charge >= 0.3 is 0 Å². The van der Waals surface area contributed by atoms with Gasteiger partial charge in [-0.2, -0.15) is 0 Å². The molecule has 0 amide bonds. The maximum Gasteiger partial charge on any atom is 0.281 e. The number of hydrogen-bond donors (Lipinski definition) is 0. The van der Waals surface area contributed by atoms with Crippen LogP contribution in [0.2, 0.25) is 118 Å². The first-order valence-corrected chi connectivity index (χ1v) is 44.3. The van der Waals surface area contributed by atoms with E-state index < -0.39 is 60.3 Å². The van der Waals surface area contributed by atoms with Crippen LogP contribution in [-0.4, -0.2) is 60.3 Å². The van der Waals surface area contributed by atoms with Gasteiger partial charge in [-0.05, 0) is 51.4 Å². The monoisotopic (exact) mass is 632 g/mol. The van der Waals surface area contributed by atoms with Crippen molar-refractivity contribution in [3.8, 4) is 0 Å². The third kappa shape index (κ3) is 6.75. The van der Waals surface area contributed by atoms with E-state index in [1.807, 2.05) is 0 Å². The van der Waals surface area contributed by atoms with Crippen LogP contribution in [0.4, 0.5) is 0 Å². The molecule has 0 bridgehead atoms. The van der Waals surface area contributed by atoms with Gasteiger partial charge in [-0.1, -0.05) is 104 Å². The molecule has 0 radical (unpaired) electrons. The fourth-order valence-corrected chi connectivity index (χ4v) is 153. The minimum absolute atomic E-state index is 1.15. The summed E-state index contributed by atoms with van der Waals surface area (Å²) < 4.78 is 15.5. The molecule has 0 aromatic heterocycles. The molecular formula is C26H64O2Si8. The highest BCUT2D eigenvalue weighted by Gasteiger charge is 2.69. The Balaban J connectivity index is 4.32. The zero-order chi connectivity index (χ0) is 28.8. The second-order valence-electron chi connectivity index (χ2n) is 17.4. The molecule has 1 rings (SSSR count). The van der Waals surface area contributed by atoms with Crippen molar-refractivity contribution in [2.45, 2.75) is 144 Å². The number of rotatable bonds is 8. The van der Waals surface area contributed by atoms with Crippen molar-refractivity contribution in [3.63, 3.8) is 0 Å². The summed E-state index contributed by atoms with van der Waals surface area (Å²) in [5, 5.41) is 3.00. The molecular weight excluding hydrogens is 569 g/mol. The summed E-state index contributed by atoms with van der Waals surface area (Å²) in [6, 6.07) is 0. The molecule has 0 spiro atoms. The van der Waals surface area contributed by atoms with E-state index >= 15 is 0 Å². The maximum absolute atomic E-state index is 8.27. The van der Waals surface area contributed by atoms with Crippen LogP contribution in [0.25, 0.3) is 0 Å². The summed E-state index contributed by atoms with van der Waals surface area (Å²) >= 11 is 0. The standard InChI is InChI=1S/C26H64O2Si8/c1-29(2,3)27-25-23-21-19-20-22-24-26(28-35(25,30(4,5)6)31(7,8)9)36(32(10,11)12,33(13,14)15)34(16,17)18/h23-24H,19-22H2,1-18H3/b25-23+,26-24-. The van der Waals surface area contributed by atoms with E-state index in [2.05, 4.69) is 130 Å². The van der Waals surface area contributed by atoms with Crippen LogP contribution in [0.1, 0.15) is 25.7 Å². The molecule has 212 valence electrons. The van der Waals surface area contributed by atoms with E-state index in [1.165, 1.54) is 24.6 Å². The van der Waals surface area contributed by atoms with Gasteiger partial charge in [0.1, 0.15) is 6.63 Å². The van der Waals surface area contributed by atoms with Crippen LogP contribution >= 0.6 is 0 Å². The summed E-state index contributed by atoms with van der Waals surface area (Å²) in [5.41, 5.74) is 0. The van der Waals surface area contributed by atoms with Crippen LogP contribution in [-0.2, 0) is 8.85 Å². The Morgan fingerprint density at radius 1 is 0.583 bits per heavy atom. The van der Waals surface area contributed by atoms with Crippen molar-refractivity contribution in [3.05, 3.63) is 22.9 Å². The summed E-state index contributed by atoms with van der Waals surface area (Å²) in [7, 11) is -12.3. The topological polar surface area (TPSA) is 18.5 Å². The van der Waals surface area contributed by atoms with E-state index in [0.29, 0.717) is 0 Å². The Bertz CT molecular complexity index is 773. The fourth-order valence-electron chi connectivity index (χ4n) is 8.48. The quantitative estimate of drug-likeness (QED) is 0.248. The Kier molecular flexibility index (Phi) is 10.6. The molecule has 1 heterocycles. The third-order valence-corrected chi connectivity index (χ3v) is 114. The molecule has 0 atom stereocenters. The van der Waals surface area contributed by atoms with Crippen molar-refractivity contribution >= 4 is 60.3 Å². The normalized spacial score (nSPS) is 22.6. The summed E-state index contributed by atoms with van der Waals surface area (Å²) in [6.07, 6.45) is 10.2. The highest BCUT2D eigenvalue weighted by Crippen LogP contribution is 2.48. The van der Waals surface area contributed by atoms with Crippen molar-refractivity contribution in [2.75, 3.05) is 0 Å². The van der Waals surface area contributed by atoms with Crippen LogP contribution in [0.5, 0.6) is 0 Å². The van der Waals surface area contributed by atoms with E-state index in [4.69, 9.17) is 8.85 Å². The molecule has 0 N–H and O–H groups in total. The summed E-state index contributed by atoms with van der Waals surface area (Å²) in [4.78, 5) is 0. The minimum Gasteiger partial charge on any atom is -0.550 e. The van der Waals surface area contributed by atoms with Gasteiger partial charge in [-0.25, -0.2) is 0 Å². The number of allylic oxidation sites excluding steroid dienone is 2. The molecule has 0 saturated carbocycles. The van der Waals surface area contributed by atoms with E-state index in [0.717, 1.165) is 6.42 Å². The van der Waals surface area contributed by atoms with E-state index in [-0.39, 0.29) is 0 Å². The third-order valence-electron chi connectivity index (χ3n) is 8.20. The van der Waals surface area contributed by atoms with Crippen molar-refractivity contribution in [1.29, 1.82) is 0 Å². The second-order valence-corrected chi connectivity index (χ2v) is 87.9. The minimum atomic E-state index is -2.39. The molecule has 0 saturated heterocycles. The first kappa shape index (κ1) is 34.8. The van der Waals surface area contributed by atoms with Gasteiger partial charge < -0.3 is 8.85 Å². The Hall–Kier alpha value is 0.815. The van der Waals surface area contributed by atoms with Crippen molar-refractivity contribution < 1.29 is 8.85 Å². The van der Waals surface area contributed by atoms with Crippen LogP contribution in [0.3, 0.4) is 0 Å². The Morgan fingerprint density at radius 2 is 0.944 bits per heavy atom. The molecule has 10 heteroatoms. The zero-order valence-corrected chi connectivity index (χ0v) is 35.8. The predicted molar refractivity (Wildman–Crippen MR) is 188 cm³/mol. The highest BCUT2D eigenvalue weighted by molar-refractivity contribution is 7.91. The lowest BCUT2D eigenvalue weighted by Gasteiger charge is -2.61. The van der Waals surface area contributed by atoms with E-state index in [1.54, 1.807) is 5.38 Å². The van der Waals surface area contributed by atoms with Gasteiger partial charge in [0, 0.05) is 28.2 Å². The maximum atomic E-state index is 8.27. The second kappa shape index (κ2) is 11.0. The smallest absolute Gasteiger partial charge is 0.281 e. The molecule has 2 nitrogen and oxygen atoms in total. The first-order chi connectivity index (χ1) is 15.7. The van der Waals surface area contributed by atoms with Crippen LogP contribution in [0, 0.1) is 0 Å². The predicted octanol–water partition coefficient (Wildman–Crippen LogP) is 9.75. The molecule has 1 aliphatic heterocycles. The molecule has 0 aliphatic carbocycles. The Morgan fingerprint density at radius 3 is 1.25 bits per heavy atom. The zero-order valence-electron chi connectivity index (χ0n) is 27.8. The summed E-state index contributed by atoms with van der Waals surface area (Å²) in [5.74, 6) is 0. The average Bonchev–Trinajstić information content (AvgIpc) is 2.54. The lowest BCUT2D eigenvalue weighted by Crippen LogP contribution is -2.86. The van der Waals surface area contributed by atoms with Crippen LogP contribution in [0.15, 0.2) is 22.9 Å². The highest BCUT2D eigenvalue weighted by atomic mass is 29.9. The summed E-state index contributed by atoms with van der Waals surface area (Å²) in [6.45, 7) is 45.5. The van der Waals surface area contributed by atoms with Gasteiger partial charge in [-0.15, -0.1) is 0 Å². The first-order valence-electron chi connectivity index (χ1n) is 14.5. The fraction of sp³-hybridized carbons (Fsp3) is 0.846. The Labute approximate surface area is 234 Å². The van der Waals surface area contributed by atoms with Crippen molar-refractivity contribution in [1.82, 2.24) is 0 Å². The lowest BCUT2D eigenvalue weighted by molar-refractivity contribution is 0.401. The van der Waals surface area contributed by atoms with Gasteiger partial charge in [0.2, 0.25) is 8.32 Å².